The Morgan fingerprint density at radius 2 is 1.88 bits per heavy atom. The van der Waals surface area contributed by atoms with Crippen LogP contribution < -0.4 is 0 Å². The predicted octanol–water partition coefficient (Wildman–Crippen LogP) is 1.91. The monoisotopic (exact) mass is 253 g/mol. The minimum absolute atomic E-state index is 0.155. The van der Waals surface area contributed by atoms with Gasteiger partial charge in [-0.05, 0) is 0 Å². The van der Waals surface area contributed by atoms with Gasteiger partial charge in [-0.2, -0.15) is 0 Å². The van der Waals surface area contributed by atoms with Crippen molar-refractivity contribution in [3.8, 4) is 10.6 Å². The molecule has 2 aromatic rings. The van der Waals surface area contributed by atoms with Crippen LogP contribution in [0, 0.1) is 6.26 Å². The van der Waals surface area contributed by atoms with E-state index in [-0.39, 0.29) is 5.75 Å². The van der Waals surface area contributed by atoms with Crippen LogP contribution in [0.15, 0.2) is 30.3 Å². The molecule has 4 nitrogen and oxygen atoms in total. The Morgan fingerprint density at radius 3 is 2.50 bits per heavy atom. The fraction of sp³-hybridized carbons (Fsp3) is 0.100. The van der Waals surface area contributed by atoms with Gasteiger partial charge in [-0.1, -0.05) is 41.7 Å². The van der Waals surface area contributed by atoms with Gasteiger partial charge in [0, 0.05) is 5.56 Å². The minimum Gasteiger partial charge on any atom is -0.228 e. The third kappa shape index (κ3) is 2.86. The lowest BCUT2D eigenvalue weighted by molar-refractivity contribution is 0.603. The molecule has 6 heteroatoms. The maximum atomic E-state index is 11.0. The second kappa shape index (κ2) is 4.31. The second-order valence-electron chi connectivity index (χ2n) is 3.25. The highest BCUT2D eigenvalue weighted by Gasteiger charge is 2.11. The van der Waals surface area contributed by atoms with Crippen molar-refractivity contribution in [3.05, 3.63) is 41.6 Å². The van der Waals surface area contributed by atoms with Crippen LogP contribution in [-0.2, 0) is 15.6 Å². The summed E-state index contributed by atoms with van der Waals surface area (Å²) in [6.07, 6.45) is 3.06. The zero-order chi connectivity index (χ0) is 11.6. The third-order valence-corrected chi connectivity index (χ3v) is 3.70. The summed E-state index contributed by atoms with van der Waals surface area (Å²) < 4.78 is 21.9. The Morgan fingerprint density at radius 1 is 1.19 bits per heavy atom. The van der Waals surface area contributed by atoms with E-state index in [0.717, 1.165) is 10.6 Å². The first kappa shape index (κ1) is 11.2. The normalized spacial score (nSPS) is 11.6. The standard InChI is InChI=1S/C10H9N2O2S2/c1-16(13,14)7-9-11-12-10(15-9)8-5-3-2-4-6-8/h2-6H,1,7H2. The van der Waals surface area contributed by atoms with Crippen LogP contribution in [0.3, 0.4) is 0 Å². The summed E-state index contributed by atoms with van der Waals surface area (Å²) in [5, 5.41) is 8.96. The van der Waals surface area contributed by atoms with Crippen molar-refractivity contribution in [1.82, 2.24) is 10.2 Å². The molecular weight excluding hydrogens is 244 g/mol. The number of rotatable bonds is 3. The van der Waals surface area contributed by atoms with Crippen LogP contribution in [0.5, 0.6) is 0 Å². The van der Waals surface area contributed by atoms with Gasteiger partial charge in [-0.3, -0.25) is 0 Å². The molecule has 1 aromatic carbocycles. The first-order valence-electron chi connectivity index (χ1n) is 4.48. The van der Waals surface area contributed by atoms with Crippen LogP contribution in [0.4, 0.5) is 0 Å². The Labute approximate surface area is 97.9 Å². The number of aromatic nitrogens is 2. The highest BCUT2D eigenvalue weighted by molar-refractivity contribution is 7.91. The van der Waals surface area contributed by atoms with Gasteiger partial charge in [0.05, 0.1) is 6.26 Å². The van der Waals surface area contributed by atoms with Gasteiger partial charge >= 0.3 is 0 Å². The summed E-state index contributed by atoms with van der Waals surface area (Å²) in [5.41, 5.74) is 0.938. The maximum absolute atomic E-state index is 11.0. The van der Waals surface area contributed by atoms with Gasteiger partial charge < -0.3 is 0 Å². The van der Waals surface area contributed by atoms with E-state index in [1.165, 1.54) is 11.3 Å². The molecule has 0 atom stereocenters. The molecule has 0 aliphatic carbocycles. The molecule has 83 valence electrons. The topological polar surface area (TPSA) is 59.9 Å². The quantitative estimate of drug-likeness (QED) is 0.838. The molecule has 0 fully saturated rings. The lowest BCUT2D eigenvalue weighted by Crippen LogP contribution is -1.97. The van der Waals surface area contributed by atoms with Crippen LogP contribution >= 0.6 is 11.3 Å². The summed E-state index contributed by atoms with van der Waals surface area (Å²) in [6, 6.07) is 9.51. The predicted molar refractivity (Wildman–Crippen MR) is 63.3 cm³/mol. The zero-order valence-corrected chi connectivity index (χ0v) is 9.96. The first-order valence-corrected chi connectivity index (χ1v) is 7.12. The average molecular weight is 253 g/mol. The Balaban J connectivity index is 2.27. The minimum atomic E-state index is -3.29. The van der Waals surface area contributed by atoms with Gasteiger partial charge in [0.2, 0.25) is 0 Å². The second-order valence-corrected chi connectivity index (χ2v) is 6.09. The molecule has 0 unspecified atom stereocenters. The summed E-state index contributed by atoms with van der Waals surface area (Å²) in [6.45, 7) is 0. The van der Waals surface area contributed by atoms with E-state index in [1.807, 2.05) is 30.3 Å². The molecule has 0 bridgehead atoms. The molecule has 0 saturated heterocycles. The summed E-state index contributed by atoms with van der Waals surface area (Å²) in [5.74, 6) is -0.155. The van der Waals surface area contributed by atoms with Crippen molar-refractivity contribution < 1.29 is 8.42 Å². The fourth-order valence-electron chi connectivity index (χ4n) is 1.20. The van der Waals surface area contributed by atoms with Crippen molar-refractivity contribution in [2.75, 3.05) is 0 Å². The highest BCUT2D eigenvalue weighted by Crippen LogP contribution is 2.23. The Bertz CT molecular complexity index is 576. The highest BCUT2D eigenvalue weighted by atomic mass is 32.2. The lowest BCUT2D eigenvalue weighted by Gasteiger charge is -1.92. The van der Waals surface area contributed by atoms with Crippen LogP contribution in [0.2, 0.25) is 0 Å². The largest absolute Gasteiger partial charge is 0.228 e. The number of sulfone groups is 1. The van der Waals surface area contributed by atoms with Crippen LogP contribution in [0.1, 0.15) is 5.01 Å². The van der Waals surface area contributed by atoms with Crippen molar-refractivity contribution in [2.24, 2.45) is 0 Å². The van der Waals surface area contributed by atoms with Gasteiger partial charge in [0.15, 0.2) is 9.84 Å². The molecular formula is C10H9N2O2S2. The molecule has 0 saturated carbocycles. The molecule has 0 N–H and O–H groups in total. The molecule has 16 heavy (non-hydrogen) atoms. The molecule has 1 aromatic heterocycles. The van der Waals surface area contributed by atoms with Crippen molar-refractivity contribution in [3.63, 3.8) is 0 Å². The molecule has 0 aliphatic rings. The van der Waals surface area contributed by atoms with E-state index in [2.05, 4.69) is 16.5 Å². The van der Waals surface area contributed by atoms with Crippen LogP contribution in [-0.4, -0.2) is 18.6 Å². The van der Waals surface area contributed by atoms with Gasteiger partial charge in [-0.15, -0.1) is 10.2 Å². The smallest absolute Gasteiger partial charge is 0.157 e. The first-order chi connectivity index (χ1) is 7.54. The number of hydrogen-bond donors (Lipinski definition) is 0. The van der Waals surface area contributed by atoms with E-state index >= 15 is 0 Å². The number of hydrogen-bond acceptors (Lipinski definition) is 5. The average Bonchev–Trinajstić information content (AvgIpc) is 2.65. The van der Waals surface area contributed by atoms with Crippen molar-refractivity contribution in [2.45, 2.75) is 5.75 Å². The molecule has 1 radical (unpaired) electrons. The molecule has 0 spiro atoms. The SMILES string of the molecule is [CH2]S(=O)(=O)Cc1nnc(-c2ccccc2)s1. The third-order valence-electron chi connectivity index (χ3n) is 1.83. The van der Waals surface area contributed by atoms with Gasteiger partial charge in [-0.25, -0.2) is 8.42 Å². The number of benzene rings is 1. The lowest BCUT2D eigenvalue weighted by atomic mass is 10.2. The van der Waals surface area contributed by atoms with Crippen molar-refractivity contribution in [1.29, 1.82) is 0 Å². The summed E-state index contributed by atoms with van der Waals surface area (Å²) in [7, 11) is -3.29. The van der Waals surface area contributed by atoms with Crippen molar-refractivity contribution >= 4 is 21.2 Å². The maximum Gasteiger partial charge on any atom is 0.157 e. The van der Waals surface area contributed by atoms with E-state index in [9.17, 15) is 8.42 Å². The van der Waals surface area contributed by atoms with E-state index in [0.29, 0.717) is 5.01 Å². The zero-order valence-electron chi connectivity index (χ0n) is 8.33. The Kier molecular flexibility index (Phi) is 3.02. The molecule has 0 amide bonds. The van der Waals surface area contributed by atoms with E-state index < -0.39 is 9.84 Å². The molecule has 0 aliphatic heterocycles. The van der Waals surface area contributed by atoms with E-state index in [4.69, 9.17) is 0 Å². The van der Waals surface area contributed by atoms with Crippen LogP contribution in [0.25, 0.3) is 10.6 Å². The molecule has 2 rings (SSSR count). The Hall–Kier alpha value is -1.27. The summed E-state index contributed by atoms with van der Waals surface area (Å²) in [4.78, 5) is 0. The van der Waals surface area contributed by atoms with Gasteiger partial charge in [0.25, 0.3) is 0 Å². The molecule has 1 heterocycles. The number of nitrogens with zero attached hydrogens (tertiary/aromatic N) is 2. The fourth-order valence-corrected chi connectivity index (χ4v) is 3.05. The van der Waals surface area contributed by atoms with E-state index in [1.54, 1.807) is 0 Å². The summed E-state index contributed by atoms with van der Waals surface area (Å²) >= 11 is 1.27. The van der Waals surface area contributed by atoms with Gasteiger partial charge in [0.1, 0.15) is 15.8 Å².